The van der Waals surface area contributed by atoms with Crippen molar-refractivity contribution in [1.29, 1.82) is 0 Å². The Balaban J connectivity index is 1.51. The number of fused-ring (bicyclic) bond motifs is 7. The molecule has 0 saturated carbocycles. The number of para-hydroxylation sites is 2. The number of aromatic nitrogens is 1. The van der Waals surface area contributed by atoms with E-state index in [1.807, 2.05) is 72.8 Å². The maximum atomic E-state index is 9.40. The minimum atomic E-state index is -0.540. The molecule has 2 heteroatoms. The molecule has 40 heavy (non-hydrogen) atoms. The van der Waals surface area contributed by atoms with Crippen LogP contribution in [0.15, 0.2) is 139 Å². The molecule has 0 saturated heterocycles. The molecule has 0 atom stereocenters. The van der Waals surface area contributed by atoms with E-state index in [1.165, 1.54) is 0 Å². The fourth-order valence-corrected chi connectivity index (χ4v) is 6.07. The minimum absolute atomic E-state index is 0.0149. The number of ether oxygens (including phenoxy) is 1. The molecule has 0 amide bonds. The van der Waals surface area contributed by atoms with Gasteiger partial charge >= 0.3 is 0 Å². The van der Waals surface area contributed by atoms with Crippen molar-refractivity contribution < 1.29 is 17.1 Å². The second-order valence-corrected chi connectivity index (χ2v) is 9.81. The first-order chi connectivity index (χ1) is 23.6. The van der Waals surface area contributed by atoms with E-state index in [1.54, 1.807) is 0 Å². The molecule has 1 aliphatic rings. The highest BCUT2D eigenvalue weighted by Crippen LogP contribution is 2.50. The quantitative estimate of drug-likeness (QED) is 0.222. The summed E-state index contributed by atoms with van der Waals surface area (Å²) in [5.74, 6) is -0.450. The van der Waals surface area contributed by atoms with Crippen LogP contribution in [0, 0.1) is 0 Å². The smallest absolute Gasteiger partial charge is 0.135 e. The molecular formula is C38H23NO. The Hall–Kier alpha value is -5.34. The Labute approximate surface area is 244 Å². The lowest BCUT2D eigenvalue weighted by Gasteiger charge is -2.22. The maximum Gasteiger partial charge on any atom is 0.135 e. The van der Waals surface area contributed by atoms with Crippen molar-refractivity contribution in [1.82, 2.24) is 4.57 Å². The summed E-state index contributed by atoms with van der Waals surface area (Å²) in [5.41, 5.74) is 3.34. The molecule has 0 spiro atoms. The van der Waals surface area contributed by atoms with E-state index in [0.717, 1.165) is 38.3 Å². The summed E-state index contributed by atoms with van der Waals surface area (Å²) in [6.07, 6.45) is 0. The van der Waals surface area contributed by atoms with Crippen molar-refractivity contribution in [3.63, 3.8) is 0 Å². The highest BCUT2D eigenvalue weighted by molar-refractivity contribution is 6.24. The normalized spacial score (nSPS) is 15.3. The van der Waals surface area contributed by atoms with E-state index in [2.05, 4.69) is 16.7 Å². The van der Waals surface area contributed by atoms with E-state index in [0.29, 0.717) is 5.56 Å². The zero-order valence-electron chi connectivity index (χ0n) is 29.9. The Morgan fingerprint density at radius 2 is 1.35 bits per heavy atom. The first kappa shape index (κ1) is 14.7. The Kier molecular flexibility index (Phi) is 2.97. The van der Waals surface area contributed by atoms with Crippen LogP contribution >= 0.6 is 0 Å². The number of hydrogen-bond acceptors (Lipinski definition) is 1. The number of nitrogens with zero attached hydrogens (tertiary/aromatic N) is 1. The monoisotopic (exact) mass is 518 g/mol. The van der Waals surface area contributed by atoms with Gasteiger partial charge in [-0.05, 0) is 57.7 Å². The lowest BCUT2D eigenvalue weighted by Crippen LogP contribution is -1.97. The average Bonchev–Trinajstić information content (AvgIpc) is 3.48. The maximum absolute atomic E-state index is 9.40. The van der Waals surface area contributed by atoms with Crippen LogP contribution in [-0.4, -0.2) is 4.57 Å². The summed E-state index contributed by atoms with van der Waals surface area (Å²) in [4.78, 5) is 0. The van der Waals surface area contributed by atoms with Crippen LogP contribution in [0.2, 0.25) is 0 Å². The Morgan fingerprint density at radius 3 is 2.30 bits per heavy atom. The molecule has 186 valence electrons. The molecule has 0 bridgehead atoms. The molecule has 0 aliphatic carbocycles. The van der Waals surface area contributed by atoms with Gasteiger partial charge in [0, 0.05) is 32.8 Å². The average molecular weight is 519 g/mol. The van der Waals surface area contributed by atoms with Crippen LogP contribution in [0.25, 0.3) is 71.3 Å². The highest BCUT2D eigenvalue weighted by atomic mass is 16.5. The summed E-state index contributed by atoms with van der Waals surface area (Å²) >= 11 is 0. The molecular weight excluding hydrogens is 486 g/mol. The predicted molar refractivity (Wildman–Crippen MR) is 167 cm³/mol. The van der Waals surface area contributed by atoms with Gasteiger partial charge in [-0.25, -0.2) is 0 Å². The van der Waals surface area contributed by atoms with Gasteiger partial charge in [0.2, 0.25) is 0 Å². The van der Waals surface area contributed by atoms with Gasteiger partial charge in [-0.15, -0.1) is 0 Å². The summed E-state index contributed by atoms with van der Waals surface area (Å²) in [6, 6.07) is 24.0. The predicted octanol–water partition coefficient (Wildman–Crippen LogP) is 10.5. The van der Waals surface area contributed by atoms with Crippen LogP contribution in [0.5, 0.6) is 11.5 Å². The van der Waals surface area contributed by atoms with Crippen molar-refractivity contribution in [3.05, 3.63) is 139 Å². The molecule has 7 aromatic carbocycles. The van der Waals surface area contributed by atoms with E-state index >= 15 is 0 Å². The number of benzene rings is 7. The largest absolute Gasteiger partial charge is 0.456 e. The van der Waals surface area contributed by atoms with Gasteiger partial charge in [0.05, 0.1) is 23.4 Å². The van der Waals surface area contributed by atoms with Gasteiger partial charge in [-0.1, -0.05) is 109 Å². The van der Waals surface area contributed by atoms with Crippen molar-refractivity contribution in [2.75, 3.05) is 0 Å². The van der Waals surface area contributed by atoms with Crippen LogP contribution < -0.4 is 4.74 Å². The van der Waals surface area contributed by atoms with Gasteiger partial charge in [-0.3, -0.25) is 0 Å². The Morgan fingerprint density at radius 1 is 0.500 bits per heavy atom. The zero-order valence-corrected chi connectivity index (χ0v) is 20.9. The van der Waals surface area contributed by atoms with Crippen molar-refractivity contribution in [2.24, 2.45) is 0 Å². The lowest BCUT2D eigenvalue weighted by atomic mass is 9.89. The van der Waals surface area contributed by atoms with Gasteiger partial charge in [0.25, 0.3) is 0 Å². The SMILES string of the molecule is [2H]c1c([2H])c([2H])c2c(c1[2H])Oc1c([2H])c([2H])c(-c3cccc4c3c3ccc5ccccc5c3n4-c3ccccc3)c3c([2H])c([2H])c([2H])c-2c13. The fourth-order valence-electron chi connectivity index (χ4n) is 6.07. The van der Waals surface area contributed by atoms with Crippen molar-refractivity contribution in [2.45, 2.75) is 0 Å². The third-order valence-corrected chi connectivity index (χ3v) is 7.72. The van der Waals surface area contributed by atoms with E-state index in [-0.39, 0.29) is 57.1 Å². The minimum Gasteiger partial charge on any atom is -0.456 e. The number of rotatable bonds is 2. The van der Waals surface area contributed by atoms with Gasteiger partial charge in [0.15, 0.2) is 0 Å². The lowest BCUT2D eigenvalue weighted by molar-refractivity contribution is 0.487. The molecule has 2 heterocycles. The molecule has 8 aromatic rings. The van der Waals surface area contributed by atoms with Gasteiger partial charge in [0.1, 0.15) is 11.5 Å². The third-order valence-electron chi connectivity index (χ3n) is 7.72. The summed E-state index contributed by atoms with van der Waals surface area (Å²) < 4.78 is 87.7. The van der Waals surface area contributed by atoms with E-state index in [4.69, 9.17) is 13.0 Å². The van der Waals surface area contributed by atoms with Crippen LogP contribution in [-0.2, 0) is 0 Å². The topological polar surface area (TPSA) is 14.2 Å². The Bertz CT molecular complexity index is 2790. The molecule has 0 fully saturated rings. The highest BCUT2D eigenvalue weighted by Gasteiger charge is 2.23. The van der Waals surface area contributed by atoms with Gasteiger partial charge in [-0.2, -0.15) is 0 Å². The molecule has 2 nitrogen and oxygen atoms in total. The molecule has 0 radical (unpaired) electrons. The fraction of sp³-hybridized carbons (Fsp3) is 0. The van der Waals surface area contributed by atoms with Crippen molar-refractivity contribution >= 4 is 43.4 Å². The summed E-state index contributed by atoms with van der Waals surface area (Å²) in [6.45, 7) is 0. The first-order valence-electron chi connectivity index (χ1n) is 17.5. The van der Waals surface area contributed by atoms with Crippen LogP contribution in [0.3, 0.4) is 0 Å². The summed E-state index contributed by atoms with van der Waals surface area (Å²) in [5, 5.41) is 3.93. The van der Waals surface area contributed by atoms with E-state index in [9.17, 15) is 4.11 Å². The molecule has 0 N–H and O–H groups in total. The third kappa shape index (κ3) is 2.88. The first-order valence-corrected chi connectivity index (χ1v) is 13.0. The molecule has 9 rings (SSSR count). The number of hydrogen-bond donors (Lipinski definition) is 0. The molecule has 1 aromatic heterocycles. The van der Waals surface area contributed by atoms with Crippen LogP contribution in [0.1, 0.15) is 12.3 Å². The zero-order chi connectivity index (χ0) is 34.0. The van der Waals surface area contributed by atoms with Crippen molar-refractivity contribution in [3.8, 4) is 39.4 Å². The molecule has 1 aliphatic heterocycles. The molecule has 0 unspecified atom stereocenters. The van der Waals surface area contributed by atoms with Crippen LogP contribution in [0.4, 0.5) is 0 Å². The standard InChI is InChI=1S/C38H23NO/c1-2-11-25(12-3-1)39-33-18-9-17-29(36(33)32-21-20-24-10-4-5-13-26(24)38(32)39)27-22-23-35-37-30(27)15-8-16-31(37)28-14-6-7-19-34(28)40-35/h1-23H/i6D,7D,8D,14D,15D,16D,19D,22D,23D. The second-order valence-electron chi connectivity index (χ2n) is 9.81. The van der Waals surface area contributed by atoms with E-state index < -0.39 is 36.3 Å². The summed E-state index contributed by atoms with van der Waals surface area (Å²) in [7, 11) is 0. The second kappa shape index (κ2) is 8.08. The van der Waals surface area contributed by atoms with Gasteiger partial charge < -0.3 is 9.30 Å².